The Morgan fingerprint density at radius 3 is 2.46 bits per heavy atom. The van der Waals surface area contributed by atoms with Crippen molar-refractivity contribution in [3.05, 3.63) is 96.4 Å². The number of nitrogens with zero attached hydrogens (tertiary/aromatic N) is 4. The maximum Gasteiger partial charge on any atom is 0.237 e. The van der Waals surface area contributed by atoms with Gasteiger partial charge in [0.25, 0.3) is 0 Å². The van der Waals surface area contributed by atoms with Gasteiger partial charge >= 0.3 is 0 Å². The molecule has 0 saturated carbocycles. The van der Waals surface area contributed by atoms with Crippen LogP contribution in [-0.4, -0.2) is 40.0 Å². The molecule has 7 nitrogen and oxygen atoms in total. The second-order valence-electron chi connectivity index (χ2n) is 8.58. The maximum atomic E-state index is 8.89. The molecule has 0 bridgehead atoms. The number of rotatable bonds is 6. The van der Waals surface area contributed by atoms with E-state index in [0.717, 1.165) is 36.3 Å². The molecule has 7 heteroatoms. The molecule has 35 heavy (non-hydrogen) atoms. The molecular formula is C28H30N6O. The van der Waals surface area contributed by atoms with E-state index in [1.807, 2.05) is 86.3 Å². The second kappa shape index (κ2) is 11.8. The van der Waals surface area contributed by atoms with Crippen LogP contribution in [0.1, 0.15) is 18.1 Å². The zero-order valence-electron chi connectivity index (χ0n) is 20.1. The average molecular weight is 467 g/mol. The van der Waals surface area contributed by atoms with Crippen LogP contribution in [0.2, 0.25) is 0 Å². The molecule has 1 aliphatic rings. The van der Waals surface area contributed by atoms with Crippen molar-refractivity contribution in [2.75, 3.05) is 18.4 Å². The molecule has 4 aromatic rings. The Balaban J connectivity index is 0.000000421. The van der Waals surface area contributed by atoms with Crippen LogP contribution in [0.4, 0.5) is 5.69 Å². The lowest BCUT2D eigenvalue weighted by Gasteiger charge is -2.28. The molecule has 0 radical (unpaired) electrons. The lowest BCUT2D eigenvalue weighted by Crippen LogP contribution is -2.43. The average Bonchev–Trinajstić information content (AvgIpc) is 3.35. The van der Waals surface area contributed by atoms with Gasteiger partial charge in [-0.3, -0.25) is 4.68 Å². The minimum Gasteiger partial charge on any atom is -0.470 e. The van der Waals surface area contributed by atoms with Crippen LogP contribution in [0, 0.1) is 11.3 Å². The minimum absolute atomic E-state index is 0.0163. The Bertz CT molecular complexity index is 1220. The van der Waals surface area contributed by atoms with Crippen molar-refractivity contribution in [1.82, 2.24) is 20.1 Å². The molecule has 2 unspecified atom stereocenters. The summed E-state index contributed by atoms with van der Waals surface area (Å²) < 4.78 is 7.84. The fourth-order valence-corrected chi connectivity index (χ4v) is 3.80. The predicted octanol–water partition coefficient (Wildman–Crippen LogP) is 4.43. The van der Waals surface area contributed by atoms with E-state index in [1.165, 1.54) is 5.56 Å². The molecule has 178 valence electrons. The van der Waals surface area contributed by atoms with Gasteiger partial charge in [0.1, 0.15) is 6.10 Å². The number of hydrogen-bond donors (Lipinski definition) is 2. The fraction of sp³-hybridized carbons (Fsp3) is 0.250. The normalized spacial score (nSPS) is 14.8. The summed E-state index contributed by atoms with van der Waals surface area (Å²) in [6, 6.07) is 24.2. The van der Waals surface area contributed by atoms with Crippen molar-refractivity contribution in [3.63, 3.8) is 0 Å². The standard InChI is InChI=1S/C22H24N6O.C6H6/c1-15(7-16-3-5-17(9-23)6-4-16)24-12-20-13-25-21-8-18(10-26-22(21)29-20)19-11-27-28(2)14-19;1-2-4-6-5-3-1/h3-6,8,10-11,14-15,20,24-25H,7,12-13H2,1-2H3;1-6H. The van der Waals surface area contributed by atoms with Crippen molar-refractivity contribution >= 4 is 5.69 Å². The SMILES string of the molecule is CC(Cc1ccc(C#N)cc1)NCC1CNc2cc(-c3cnn(C)c3)cnc2O1.c1ccccc1. The number of nitrogens with one attached hydrogen (secondary N) is 2. The zero-order valence-corrected chi connectivity index (χ0v) is 20.1. The molecule has 0 aliphatic carbocycles. The first-order chi connectivity index (χ1) is 17.1. The predicted molar refractivity (Wildman–Crippen MR) is 138 cm³/mol. The Morgan fingerprint density at radius 1 is 1.11 bits per heavy atom. The molecular weight excluding hydrogens is 436 g/mol. The van der Waals surface area contributed by atoms with Gasteiger partial charge in [0.15, 0.2) is 0 Å². The highest BCUT2D eigenvalue weighted by Gasteiger charge is 2.21. The summed E-state index contributed by atoms with van der Waals surface area (Å²) in [6.45, 7) is 3.61. The van der Waals surface area contributed by atoms with E-state index in [-0.39, 0.29) is 6.10 Å². The summed E-state index contributed by atoms with van der Waals surface area (Å²) in [4.78, 5) is 4.49. The lowest BCUT2D eigenvalue weighted by molar-refractivity contribution is 0.189. The molecule has 0 fully saturated rings. The molecule has 2 atom stereocenters. The van der Waals surface area contributed by atoms with Crippen LogP contribution in [0.5, 0.6) is 5.88 Å². The van der Waals surface area contributed by atoms with E-state index < -0.39 is 0 Å². The zero-order chi connectivity index (χ0) is 24.5. The summed E-state index contributed by atoms with van der Waals surface area (Å²) in [5, 5.41) is 20.1. The van der Waals surface area contributed by atoms with Gasteiger partial charge in [-0.15, -0.1) is 0 Å². The topological polar surface area (TPSA) is 87.8 Å². The molecule has 5 rings (SSSR count). The maximum absolute atomic E-state index is 8.89. The molecule has 0 saturated heterocycles. The molecule has 2 aromatic heterocycles. The Morgan fingerprint density at radius 2 is 1.83 bits per heavy atom. The van der Waals surface area contributed by atoms with E-state index in [2.05, 4.69) is 39.8 Å². The number of aryl methyl sites for hydroxylation is 1. The van der Waals surface area contributed by atoms with Crippen LogP contribution in [0.3, 0.4) is 0 Å². The quantitative estimate of drug-likeness (QED) is 0.437. The fourth-order valence-electron chi connectivity index (χ4n) is 3.80. The summed E-state index contributed by atoms with van der Waals surface area (Å²) >= 11 is 0. The van der Waals surface area contributed by atoms with Gasteiger partial charge in [-0.05, 0) is 37.1 Å². The highest BCUT2D eigenvalue weighted by molar-refractivity contribution is 5.69. The third-order valence-corrected chi connectivity index (χ3v) is 5.67. The minimum atomic E-state index is 0.0163. The number of benzene rings is 2. The summed E-state index contributed by atoms with van der Waals surface area (Å²) in [5.41, 5.74) is 4.86. The second-order valence-corrected chi connectivity index (χ2v) is 8.58. The number of fused-ring (bicyclic) bond motifs is 1. The van der Waals surface area contributed by atoms with Crippen LogP contribution in [0.15, 0.2) is 85.3 Å². The summed E-state index contributed by atoms with van der Waals surface area (Å²) in [6.07, 6.45) is 6.53. The molecule has 2 N–H and O–H groups in total. The summed E-state index contributed by atoms with van der Waals surface area (Å²) in [5.74, 6) is 0.635. The van der Waals surface area contributed by atoms with Gasteiger partial charge in [0, 0.05) is 43.2 Å². The summed E-state index contributed by atoms with van der Waals surface area (Å²) in [7, 11) is 1.90. The first kappa shape index (κ1) is 24.0. The first-order valence-electron chi connectivity index (χ1n) is 11.7. The van der Waals surface area contributed by atoms with Crippen LogP contribution in [-0.2, 0) is 13.5 Å². The number of aromatic nitrogens is 3. The van der Waals surface area contributed by atoms with E-state index in [0.29, 0.717) is 17.5 Å². The third-order valence-electron chi connectivity index (χ3n) is 5.67. The van der Waals surface area contributed by atoms with E-state index >= 15 is 0 Å². The molecule has 3 heterocycles. The highest BCUT2D eigenvalue weighted by atomic mass is 16.5. The smallest absolute Gasteiger partial charge is 0.237 e. The Hall–Kier alpha value is -4.15. The van der Waals surface area contributed by atoms with E-state index in [9.17, 15) is 0 Å². The van der Waals surface area contributed by atoms with Gasteiger partial charge < -0.3 is 15.4 Å². The van der Waals surface area contributed by atoms with Crippen LogP contribution < -0.4 is 15.4 Å². The first-order valence-corrected chi connectivity index (χ1v) is 11.7. The molecule has 0 spiro atoms. The number of nitriles is 1. The van der Waals surface area contributed by atoms with Crippen molar-refractivity contribution in [1.29, 1.82) is 5.26 Å². The monoisotopic (exact) mass is 466 g/mol. The third kappa shape index (κ3) is 6.92. The van der Waals surface area contributed by atoms with Crippen molar-refractivity contribution in [3.8, 4) is 23.1 Å². The lowest BCUT2D eigenvalue weighted by atomic mass is 10.1. The van der Waals surface area contributed by atoms with Gasteiger partial charge in [0.05, 0.1) is 30.1 Å². The van der Waals surface area contributed by atoms with E-state index in [4.69, 9.17) is 10.00 Å². The van der Waals surface area contributed by atoms with Gasteiger partial charge in [0.2, 0.25) is 5.88 Å². The molecule has 2 aromatic carbocycles. The van der Waals surface area contributed by atoms with Crippen molar-refractivity contribution < 1.29 is 4.74 Å². The Kier molecular flexibility index (Phi) is 8.10. The van der Waals surface area contributed by atoms with Crippen LogP contribution >= 0.6 is 0 Å². The Labute approximate surface area is 206 Å². The molecule has 0 amide bonds. The van der Waals surface area contributed by atoms with Crippen molar-refractivity contribution in [2.24, 2.45) is 7.05 Å². The molecule has 1 aliphatic heterocycles. The van der Waals surface area contributed by atoms with Gasteiger partial charge in [-0.1, -0.05) is 48.5 Å². The van der Waals surface area contributed by atoms with Crippen LogP contribution in [0.25, 0.3) is 11.1 Å². The number of anilines is 1. The largest absolute Gasteiger partial charge is 0.470 e. The van der Waals surface area contributed by atoms with Gasteiger partial charge in [-0.2, -0.15) is 10.4 Å². The van der Waals surface area contributed by atoms with E-state index in [1.54, 1.807) is 4.68 Å². The van der Waals surface area contributed by atoms with Crippen molar-refractivity contribution in [2.45, 2.75) is 25.5 Å². The number of ether oxygens (including phenoxy) is 1. The number of pyridine rings is 1. The number of hydrogen-bond acceptors (Lipinski definition) is 6. The highest BCUT2D eigenvalue weighted by Crippen LogP contribution is 2.31. The van der Waals surface area contributed by atoms with Gasteiger partial charge in [-0.25, -0.2) is 4.98 Å².